The lowest BCUT2D eigenvalue weighted by Crippen LogP contribution is -2.38. The number of carbonyl (C=O) groups excluding carboxylic acids is 1. The van der Waals surface area contributed by atoms with Gasteiger partial charge in [-0.3, -0.25) is 4.79 Å². The summed E-state index contributed by atoms with van der Waals surface area (Å²) in [5.74, 6) is -0.807. The fourth-order valence-electron chi connectivity index (χ4n) is 2.03. The minimum atomic E-state index is -1.59. The van der Waals surface area contributed by atoms with Gasteiger partial charge in [-0.2, -0.15) is 0 Å². The van der Waals surface area contributed by atoms with Crippen LogP contribution >= 0.6 is 0 Å². The number of rotatable bonds is 4. The Bertz CT molecular complexity index is 531. The van der Waals surface area contributed by atoms with Crippen molar-refractivity contribution >= 4 is 5.78 Å². The van der Waals surface area contributed by atoms with E-state index in [-0.39, 0.29) is 0 Å². The van der Waals surface area contributed by atoms with E-state index in [0.717, 1.165) is 0 Å². The molecule has 0 aromatic heterocycles. The Morgan fingerprint density at radius 3 is 2.60 bits per heavy atom. The van der Waals surface area contributed by atoms with Gasteiger partial charge in [0.05, 0.1) is 0 Å². The number of aliphatic hydroxyl groups excluding tert-OH is 3. The lowest BCUT2D eigenvalue weighted by molar-refractivity contribution is -0.152. The average molecular weight is 279 g/mol. The van der Waals surface area contributed by atoms with Crippen molar-refractivity contribution in [1.82, 2.24) is 0 Å². The summed E-state index contributed by atoms with van der Waals surface area (Å²) in [6.45, 7) is 0. The van der Waals surface area contributed by atoms with Gasteiger partial charge in [-0.05, 0) is 11.1 Å². The molecule has 3 N–H and O–H groups in total. The monoisotopic (exact) mass is 279 g/mol. The lowest BCUT2D eigenvalue weighted by atomic mass is 9.98. The summed E-state index contributed by atoms with van der Waals surface area (Å²) in [5, 5.41) is 32.4. The second-order valence-electron chi connectivity index (χ2n) is 4.35. The highest BCUT2D eigenvalue weighted by Crippen LogP contribution is 2.27. The Balaban J connectivity index is 2.16. The average Bonchev–Trinajstić information content (AvgIpc) is 2.75. The van der Waals surface area contributed by atoms with Gasteiger partial charge in [-0.15, -0.1) is 0 Å². The number of hydrogen-bond acceptors (Lipinski definition) is 6. The van der Waals surface area contributed by atoms with Crippen molar-refractivity contribution in [1.29, 1.82) is 0 Å². The molecule has 0 aliphatic carbocycles. The molecule has 1 aliphatic heterocycles. The van der Waals surface area contributed by atoms with E-state index in [0.29, 0.717) is 5.56 Å². The zero-order valence-electron chi connectivity index (χ0n) is 10.3. The van der Waals surface area contributed by atoms with Gasteiger partial charge in [-0.25, -0.2) is 0 Å². The SMILES string of the molecule is [N-]=[N+]=N[C@@H]1[C@H](O)[C@@H](C(=O)C(O)c2ccccc2)O[C@@H]1O. The molecular formula is C12H13N3O5. The Labute approximate surface area is 113 Å². The minimum absolute atomic E-state index is 0.343. The first-order valence-corrected chi connectivity index (χ1v) is 5.89. The van der Waals surface area contributed by atoms with Gasteiger partial charge >= 0.3 is 0 Å². The zero-order chi connectivity index (χ0) is 14.7. The first kappa shape index (κ1) is 14.4. The van der Waals surface area contributed by atoms with E-state index in [4.69, 9.17) is 10.3 Å². The Morgan fingerprint density at radius 1 is 1.35 bits per heavy atom. The van der Waals surface area contributed by atoms with E-state index >= 15 is 0 Å². The Hall–Kier alpha value is -1.96. The summed E-state index contributed by atoms with van der Waals surface area (Å²) >= 11 is 0. The number of benzene rings is 1. The van der Waals surface area contributed by atoms with E-state index in [1.165, 1.54) is 0 Å². The maximum atomic E-state index is 12.1. The fraction of sp³-hybridized carbons (Fsp3) is 0.417. The predicted molar refractivity (Wildman–Crippen MR) is 66.2 cm³/mol. The Kier molecular flexibility index (Phi) is 4.33. The van der Waals surface area contributed by atoms with Crippen LogP contribution in [0.3, 0.4) is 0 Å². The molecule has 20 heavy (non-hydrogen) atoms. The van der Waals surface area contributed by atoms with Crippen LogP contribution in [0, 0.1) is 0 Å². The molecule has 1 heterocycles. The first-order valence-electron chi connectivity index (χ1n) is 5.89. The van der Waals surface area contributed by atoms with Crippen LogP contribution in [0.5, 0.6) is 0 Å². The number of carbonyl (C=O) groups is 1. The molecular weight excluding hydrogens is 266 g/mol. The molecule has 1 fully saturated rings. The van der Waals surface area contributed by atoms with Crippen LogP contribution < -0.4 is 0 Å². The number of azide groups is 1. The molecule has 1 aliphatic rings. The van der Waals surface area contributed by atoms with Gasteiger partial charge in [0, 0.05) is 4.91 Å². The summed E-state index contributed by atoms with van der Waals surface area (Å²) in [5.41, 5.74) is 8.66. The summed E-state index contributed by atoms with van der Waals surface area (Å²) in [6.07, 6.45) is -6.03. The highest BCUT2D eigenvalue weighted by molar-refractivity contribution is 5.89. The molecule has 8 heteroatoms. The number of aliphatic hydroxyl groups is 3. The van der Waals surface area contributed by atoms with Crippen molar-refractivity contribution in [3.05, 3.63) is 46.3 Å². The number of hydrogen-bond donors (Lipinski definition) is 3. The summed E-state index contributed by atoms with van der Waals surface area (Å²) in [7, 11) is 0. The number of ether oxygens (including phenoxy) is 1. The van der Waals surface area contributed by atoms with E-state index < -0.39 is 36.4 Å². The summed E-state index contributed by atoms with van der Waals surface area (Å²) in [6, 6.07) is 6.83. The molecule has 106 valence electrons. The smallest absolute Gasteiger partial charge is 0.197 e. The molecule has 0 bridgehead atoms. The molecule has 1 aromatic carbocycles. The molecule has 0 amide bonds. The highest BCUT2D eigenvalue weighted by atomic mass is 16.6. The predicted octanol–water partition coefficient (Wildman–Crippen LogP) is 0.0461. The molecule has 0 radical (unpaired) electrons. The standard InChI is InChI=1S/C12H13N3O5/c13-15-14-7-9(17)11(20-12(7)19)10(18)8(16)6-4-2-1-3-5-6/h1-5,7-9,11-12,16-17,19H/t7-,8?,9+,11+,12+/m1/s1. The molecule has 0 saturated carbocycles. The second kappa shape index (κ2) is 6.00. The highest BCUT2D eigenvalue weighted by Gasteiger charge is 2.47. The largest absolute Gasteiger partial charge is 0.389 e. The molecule has 5 atom stereocenters. The van der Waals surface area contributed by atoms with E-state index in [1.54, 1.807) is 30.3 Å². The van der Waals surface area contributed by atoms with Crippen molar-refractivity contribution in [3.8, 4) is 0 Å². The van der Waals surface area contributed by atoms with Gasteiger partial charge in [0.1, 0.15) is 24.4 Å². The van der Waals surface area contributed by atoms with Crippen LogP contribution in [0.2, 0.25) is 0 Å². The molecule has 8 nitrogen and oxygen atoms in total. The van der Waals surface area contributed by atoms with Crippen molar-refractivity contribution < 1.29 is 24.9 Å². The van der Waals surface area contributed by atoms with Crippen LogP contribution in [0.15, 0.2) is 35.4 Å². The third-order valence-electron chi connectivity index (χ3n) is 3.09. The molecule has 2 rings (SSSR count). The molecule has 0 spiro atoms. The van der Waals surface area contributed by atoms with Gasteiger partial charge in [0.2, 0.25) is 0 Å². The van der Waals surface area contributed by atoms with Gasteiger partial charge in [0.15, 0.2) is 12.1 Å². The molecule has 1 unspecified atom stereocenters. The first-order chi connectivity index (χ1) is 9.56. The number of ketones is 1. The van der Waals surface area contributed by atoms with Crippen molar-refractivity contribution in [2.75, 3.05) is 0 Å². The second-order valence-corrected chi connectivity index (χ2v) is 4.35. The van der Waals surface area contributed by atoms with Crippen LogP contribution in [0.25, 0.3) is 10.4 Å². The number of Topliss-reactive ketones (excluding diaryl/α,β-unsaturated/α-hetero) is 1. The maximum Gasteiger partial charge on any atom is 0.197 e. The van der Waals surface area contributed by atoms with Crippen LogP contribution in [0.1, 0.15) is 11.7 Å². The minimum Gasteiger partial charge on any atom is -0.389 e. The summed E-state index contributed by atoms with van der Waals surface area (Å²) in [4.78, 5) is 14.5. The Morgan fingerprint density at radius 2 is 2.00 bits per heavy atom. The topological polar surface area (TPSA) is 136 Å². The van der Waals surface area contributed by atoms with E-state index in [1.807, 2.05) is 0 Å². The van der Waals surface area contributed by atoms with Crippen LogP contribution in [-0.4, -0.2) is 45.6 Å². The molecule has 1 saturated heterocycles. The maximum absolute atomic E-state index is 12.1. The number of nitrogens with zero attached hydrogens (tertiary/aromatic N) is 3. The van der Waals surface area contributed by atoms with Gasteiger partial charge in [0.25, 0.3) is 0 Å². The van der Waals surface area contributed by atoms with Gasteiger partial charge < -0.3 is 20.1 Å². The van der Waals surface area contributed by atoms with E-state index in [2.05, 4.69) is 10.0 Å². The quantitative estimate of drug-likeness (QED) is 0.406. The van der Waals surface area contributed by atoms with Crippen molar-refractivity contribution in [2.24, 2.45) is 5.11 Å². The van der Waals surface area contributed by atoms with Gasteiger partial charge in [-0.1, -0.05) is 35.4 Å². The van der Waals surface area contributed by atoms with Crippen LogP contribution in [0.4, 0.5) is 0 Å². The van der Waals surface area contributed by atoms with Crippen LogP contribution in [-0.2, 0) is 9.53 Å². The molecule has 1 aromatic rings. The third kappa shape index (κ3) is 2.64. The fourth-order valence-corrected chi connectivity index (χ4v) is 2.03. The lowest BCUT2D eigenvalue weighted by Gasteiger charge is -2.17. The van der Waals surface area contributed by atoms with Crippen molar-refractivity contribution in [2.45, 2.75) is 30.6 Å². The van der Waals surface area contributed by atoms with Crippen molar-refractivity contribution in [3.63, 3.8) is 0 Å². The summed E-state index contributed by atoms with van der Waals surface area (Å²) < 4.78 is 4.87. The normalized spacial score (nSPS) is 30.6. The zero-order valence-corrected chi connectivity index (χ0v) is 10.3. The third-order valence-corrected chi connectivity index (χ3v) is 3.09. The van der Waals surface area contributed by atoms with E-state index in [9.17, 15) is 20.1 Å².